The van der Waals surface area contributed by atoms with Gasteiger partial charge in [0.25, 0.3) is 9.84 Å². The molecule has 0 aliphatic rings. The van der Waals surface area contributed by atoms with Crippen LogP contribution in [0.25, 0.3) is 0 Å². The zero-order valence-corrected chi connectivity index (χ0v) is 7.18. The van der Waals surface area contributed by atoms with Crippen LogP contribution < -0.4 is 0 Å². The summed E-state index contributed by atoms with van der Waals surface area (Å²) in [4.78, 5) is 0. The van der Waals surface area contributed by atoms with Gasteiger partial charge in [0, 0.05) is 0 Å². The molecule has 0 spiro atoms. The molecule has 0 unspecified atom stereocenters. The van der Waals surface area contributed by atoms with Crippen molar-refractivity contribution in [1.29, 1.82) is 0 Å². The van der Waals surface area contributed by atoms with E-state index in [-0.39, 0.29) is 0 Å². The zero-order chi connectivity index (χ0) is 9.50. The van der Waals surface area contributed by atoms with Crippen LogP contribution in [0.2, 0.25) is 0 Å². The standard InChI is InChI=1S/C5H9F3O2S/c1-4(2,3)11(9,10)5(6,7)8/h1-3H3. The third-order valence-corrected chi connectivity index (χ3v) is 3.33. The van der Waals surface area contributed by atoms with Crippen molar-refractivity contribution >= 4 is 9.84 Å². The van der Waals surface area contributed by atoms with Crippen LogP contribution in [-0.4, -0.2) is 18.7 Å². The van der Waals surface area contributed by atoms with E-state index in [0.717, 1.165) is 20.8 Å². The van der Waals surface area contributed by atoms with Crippen molar-refractivity contribution in [1.82, 2.24) is 0 Å². The first-order valence-corrected chi connectivity index (χ1v) is 4.29. The van der Waals surface area contributed by atoms with Crippen LogP contribution in [0.4, 0.5) is 13.2 Å². The van der Waals surface area contributed by atoms with Gasteiger partial charge in [0.2, 0.25) is 0 Å². The van der Waals surface area contributed by atoms with Gasteiger partial charge in [-0.15, -0.1) is 0 Å². The molecule has 0 saturated carbocycles. The molecule has 0 amide bonds. The SMILES string of the molecule is CC(C)(C)S(=O)(=O)C(F)(F)F. The van der Waals surface area contributed by atoms with Crippen LogP contribution in [-0.2, 0) is 9.84 Å². The summed E-state index contributed by atoms with van der Waals surface area (Å²) < 4.78 is 54.5. The van der Waals surface area contributed by atoms with E-state index < -0.39 is 20.1 Å². The maximum Gasteiger partial charge on any atom is 0.497 e. The Morgan fingerprint density at radius 2 is 1.27 bits per heavy atom. The molecule has 0 aromatic rings. The van der Waals surface area contributed by atoms with Crippen LogP contribution in [0.1, 0.15) is 20.8 Å². The van der Waals surface area contributed by atoms with Gasteiger partial charge in [0.1, 0.15) is 0 Å². The number of halogens is 3. The first-order chi connectivity index (χ1) is 4.50. The molecule has 0 saturated heterocycles. The molecule has 0 aromatic carbocycles. The first-order valence-electron chi connectivity index (χ1n) is 2.81. The van der Waals surface area contributed by atoms with Gasteiger partial charge in [-0.25, -0.2) is 8.42 Å². The third-order valence-electron chi connectivity index (χ3n) is 1.11. The van der Waals surface area contributed by atoms with Crippen LogP contribution in [0, 0.1) is 0 Å². The largest absolute Gasteiger partial charge is 0.497 e. The van der Waals surface area contributed by atoms with Gasteiger partial charge in [-0.3, -0.25) is 0 Å². The molecular weight excluding hydrogens is 181 g/mol. The quantitative estimate of drug-likeness (QED) is 0.582. The molecule has 2 nitrogen and oxygen atoms in total. The number of hydrogen-bond donors (Lipinski definition) is 0. The highest BCUT2D eigenvalue weighted by Crippen LogP contribution is 2.32. The highest BCUT2D eigenvalue weighted by atomic mass is 32.2. The van der Waals surface area contributed by atoms with Gasteiger partial charge in [0.05, 0.1) is 4.75 Å². The molecule has 0 heterocycles. The van der Waals surface area contributed by atoms with E-state index in [4.69, 9.17) is 0 Å². The van der Waals surface area contributed by atoms with E-state index in [2.05, 4.69) is 0 Å². The normalized spacial score (nSPS) is 15.1. The lowest BCUT2D eigenvalue weighted by Gasteiger charge is -2.20. The van der Waals surface area contributed by atoms with E-state index in [1.165, 1.54) is 0 Å². The Kier molecular flexibility index (Phi) is 2.31. The molecule has 0 aliphatic heterocycles. The highest BCUT2D eigenvalue weighted by molar-refractivity contribution is 7.93. The first kappa shape index (κ1) is 10.7. The Morgan fingerprint density at radius 3 is 1.27 bits per heavy atom. The van der Waals surface area contributed by atoms with Crippen molar-refractivity contribution in [2.24, 2.45) is 0 Å². The van der Waals surface area contributed by atoms with Crippen molar-refractivity contribution < 1.29 is 21.6 Å². The monoisotopic (exact) mass is 190 g/mol. The second-order valence-corrected chi connectivity index (χ2v) is 5.76. The average molecular weight is 190 g/mol. The molecule has 0 fully saturated rings. The van der Waals surface area contributed by atoms with Crippen molar-refractivity contribution in [3.05, 3.63) is 0 Å². The summed E-state index contributed by atoms with van der Waals surface area (Å²) in [6, 6.07) is 0. The fourth-order valence-corrected chi connectivity index (χ4v) is 1.04. The van der Waals surface area contributed by atoms with Crippen LogP contribution in [0.15, 0.2) is 0 Å². The maximum atomic E-state index is 11.7. The van der Waals surface area contributed by atoms with Gasteiger partial charge in [-0.1, -0.05) is 0 Å². The lowest BCUT2D eigenvalue weighted by atomic mass is 10.3. The van der Waals surface area contributed by atoms with Gasteiger partial charge in [0.15, 0.2) is 0 Å². The molecule has 0 bridgehead atoms. The molecule has 0 rings (SSSR count). The third kappa shape index (κ3) is 1.85. The molecule has 11 heavy (non-hydrogen) atoms. The summed E-state index contributed by atoms with van der Waals surface area (Å²) in [6.45, 7) is 3.03. The Morgan fingerprint density at radius 1 is 1.00 bits per heavy atom. The summed E-state index contributed by atoms with van der Waals surface area (Å²) in [5, 5.41) is 0. The van der Waals surface area contributed by atoms with E-state index in [9.17, 15) is 21.6 Å². The van der Waals surface area contributed by atoms with Gasteiger partial charge >= 0.3 is 5.51 Å². The lowest BCUT2D eigenvalue weighted by molar-refractivity contribution is -0.0453. The minimum atomic E-state index is -5.15. The van der Waals surface area contributed by atoms with Crippen LogP contribution in [0.3, 0.4) is 0 Å². The molecular formula is C5H9F3O2S. The molecule has 0 aliphatic carbocycles. The fourth-order valence-electron chi connectivity index (χ4n) is 0.347. The zero-order valence-electron chi connectivity index (χ0n) is 6.36. The van der Waals surface area contributed by atoms with Crippen LogP contribution in [0.5, 0.6) is 0 Å². The molecule has 0 aromatic heterocycles. The van der Waals surface area contributed by atoms with Gasteiger partial charge < -0.3 is 0 Å². The number of sulfone groups is 1. The van der Waals surface area contributed by atoms with E-state index in [1.54, 1.807) is 0 Å². The summed E-state index contributed by atoms with van der Waals surface area (Å²) in [7, 11) is -5.01. The Balaban J connectivity index is 5.11. The smallest absolute Gasteiger partial charge is 0.219 e. The summed E-state index contributed by atoms with van der Waals surface area (Å²) in [6.07, 6.45) is 0. The summed E-state index contributed by atoms with van der Waals surface area (Å²) in [5.74, 6) is 0. The maximum absolute atomic E-state index is 11.7. The summed E-state index contributed by atoms with van der Waals surface area (Å²) >= 11 is 0. The highest BCUT2D eigenvalue weighted by Gasteiger charge is 2.52. The van der Waals surface area contributed by atoms with Gasteiger partial charge in [-0.05, 0) is 20.8 Å². The topological polar surface area (TPSA) is 34.1 Å². The van der Waals surface area contributed by atoms with Gasteiger partial charge in [-0.2, -0.15) is 13.2 Å². The van der Waals surface area contributed by atoms with Crippen molar-refractivity contribution in [3.63, 3.8) is 0 Å². The Labute approximate surface area is 63.3 Å². The van der Waals surface area contributed by atoms with Crippen molar-refractivity contribution in [2.75, 3.05) is 0 Å². The van der Waals surface area contributed by atoms with E-state index in [0.29, 0.717) is 0 Å². The predicted octanol–water partition coefficient (Wildman–Crippen LogP) is 1.72. The molecule has 0 atom stereocenters. The molecule has 6 heteroatoms. The molecule has 0 N–H and O–H groups in total. The average Bonchev–Trinajstić information content (AvgIpc) is 1.58. The van der Waals surface area contributed by atoms with Crippen LogP contribution >= 0.6 is 0 Å². The Bertz CT molecular complexity index is 211. The number of rotatable bonds is 0. The summed E-state index contributed by atoms with van der Waals surface area (Å²) in [5.41, 5.74) is -5.15. The fraction of sp³-hybridized carbons (Fsp3) is 1.00. The van der Waals surface area contributed by atoms with E-state index in [1.807, 2.05) is 0 Å². The Hall–Kier alpha value is -0.260. The lowest BCUT2D eigenvalue weighted by Crippen LogP contribution is -2.39. The minimum Gasteiger partial charge on any atom is -0.219 e. The van der Waals surface area contributed by atoms with E-state index >= 15 is 0 Å². The number of alkyl halides is 3. The second kappa shape index (κ2) is 2.36. The van der Waals surface area contributed by atoms with Crippen molar-refractivity contribution in [2.45, 2.75) is 31.0 Å². The predicted molar refractivity (Wildman–Crippen MR) is 34.7 cm³/mol. The molecule has 68 valence electrons. The van der Waals surface area contributed by atoms with Crippen molar-refractivity contribution in [3.8, 4) is 0 Å². The second-order valence-electron chi connectivity index (χ2n) is 3.06. The molecule has 0 radical (unpaired) electrons. The number of hydrogen-bond acceptors (Lipinski definition) is 2. The minimum absolute atomic E-state index is 1.01.